The summed E-state index contributed by atoms with van der Waals surface area (Å²) in [5.74, 6) is 0. The molecular formula is C13H20. The van der Waals surface area contributed by atoms with Crippen LogP contribution in [0.5, 0.6) is 0 Å². The van der Waals surface area contributed by atoms with E-state index in [-0.39, 0.29) is 0 Å². The third-order valence-electron chi connectivity index (χ3n) is 1.73. The summed E-state index contributed by atoms with van der Waals surface area (Å²) in [6, 6.07) is 0. The summed E-state index contributed by atoms with van der Waals surface area (Å²) in [6.45, 7) is 6.26. The molecule has 0 spiro atoms. The van der Waals surface area contributed by atoms with Crippen LogP contribution in [0.15, 0.2) is 48.1 Å². The van der Waals surface area contributed by atoms with Crippen molar-refractivity contribution in [3.05, 3.63) is 48.1 Å². The lowest BCUT2D eigenvalue weighted by Crippen LogP contribution is -1.73. The normalized spacial score (nSPS) is 13.9. The van der Waals surface area contributed by atoms with E-state index in [1.54, 1.807) is 0 Å². The van der Waals surface area contributed by atoms with E-state index in [1.807, 2.05) is 13.0 Å². The Hall–Kier alpha value is -1.04. The third-order valence-corrected chi connectivity index (χ3v) is 1.73. The van der Waals surface area contributed by atoms with Crippen LogP contribution < -0.4 is 0 Å². The highest BCUT2D eigenvalue weighted by Crippen LogP contribution is 2.04. The van der Waals surface area contributed by atoms with Gasteiger partial charge in [-0.05, 0) is 32.3 Å². The molecule has 0 aliphatic heterocycles. The summed E-state index contributed by atoms with van der Waals surface area (Å²) >= 11 is 0. The van der Waals surface area contributed by atoms with E-state index in [1.165, 1.54) is 5.57 Å². The van der Waals surface area contributed by atoms with Crippen molar-refractivity contribution in [2.45, 2.75) is 33.6 Å². The van der Waals surface area contributed by atoms with Crippen molar-refractivity contribution in [2.24, 2.45) is 0 Å². The van der Waals surface area contributed by atoms with Gasteiger partial charge in [0.1, 0.15) is 0 Å². The monoisotopic (exact) mass is 176 g/mol. The minimum atomic E-state index is 1.03. The Kier molecular flexibility index (Phi) is 8.33. The molecular weight excluding hydrogens is 156 g/mol. The van der Waals surface area contributed by atoms with Gasteiger partial charge in [-0.2, -0.15) is 0 Å². The third kappa shape index (κ3) is 7.32. The van der Waals surface area contributed by atoms with Gasteiger partial charge >= 0.3 is 0 Å². The molecule has 0 aromatic heterocycles. The topological polar surface area (TPSA) is 0 Å². The molecule has 0 N–H and O–H groups in total. The highest BCUT2D eigenvalue weighted by molar-refractivity contribution is 5.21. The summed E-state index contributed by atoms with van der Waals surface area (Å²) in [6.07, 6.45) is 17.0. The molecule has 0 rings (SSSR count). The fourth-order valence-corrected chi connectivity index (χ4v) is 0.945. The SMILES string of the molecule is C/C=C\C=C/CC(/C=C\CC)=C/C. The van der Waals surface area contributed by atoms with Crippen LogP contribution in [-0.2, 0) is 0 Å². The molecule has 0 heterocycles. The van der Waals surface area contributed by atoms with Crippen molar-refractivity contribution < 1.29 is 0 Å². The summed E-state index contributed by atoms with van der Waals surface area (Å²) in [7, 11) is 0. The van der Waals surface area contributed by atoms with Gasteiger partial charge in [-0.15, -0.1) is 0 Å². The van der Waals surface area contributed by atoms with E-state index in [9.17, 15) is 0 Å². The molecule has 0 aliphatic rings. The fraction of sp³-hybridized carbons (Fsp3) is 0.385. The van der Waals surface area contributed by atoms with Crippen molar-refractivity contribution >= 4 is 0 Å². The molecule has 0 bridgehead atoms. The molecule has 0 amide bonds. The van der Waals surface area contributed by atoms with Crippen LogP contribution in [0.25, 0.3) is 0 Å². The van der Waals surface area contributed by atoms with Gasteiger partial charge in [0.15, 0.2) is 0 Å². The predicted octanol–water partition coefficient (Wildman–Crippen LogP) is 4.42. The second-order valence-electron chi connectivity index (χ2n) is 2.83. The van der Waals surface area contributed by atoms with Gasteiger partial charge < -0.3 is 0 Å². The standard InChI is InChI=1S/C13H20/c1-4-7-9-10-12-13(6-3)11-8-5-2/h4,6-11H,5,12H2,1-3H3/b7-4-,10-9-,11-8-,13-6+. The van der Waals surface area contributed by atoms with Crippen molar-refractivity contribution in [1.29, 1.82) is 0 Å². The average Bonchev–Trinajstić information content (AvgIpc) is 2.17. The molecule has 0 saturated heterocycles. The Morgan fingerprint density at radius 2 is 1.85 bits per heavy atom. The van der Waals surface area contributed by atoms with Crippen molar-refractivity contribution in [1.82, 2.24) is 0 Å². The molecule has 0 aliphatic carbocycles. The molecule has 0 saturated carbocycles. The molecule has 0 unspecified atom stereocenters. The van der Waals surface area contributed by atoms with Gasteiger partial charge in [0, 0.05) is 0 Å². The lowest BCUT2D eigenvalue weighted by Gasteiger charge is -1.94. The first-order valence-electron chi connectivity index (χ1n) is 4.94. The zero-order valence-corrected chi connectivity index (χ0v) is 8.96. The Labute approximate surface area is 82.4 Å². The fourth-order valence-electron chi connectivity index (χ4n) is 0.945. The van der Waals surface area contributed by atoms with E-state index in [0.717, 1.165) is 12.8 Å². The second kappa shape index (κ2) is 9.05. The molecule has 13 heavy (non-hydrogen) atoms. The molecule has 0 heteroatoms. The minimum Gasteiger partial charge on any atom is -0.0877 e. The molecule has 0 nitrogen and oxygen atoms in total. The summed E-state index contributed by atoms with van der Waals surface area (Å²) < 4.78 is 0. The van der Waals surface area contributed by atoms with Gasteiger partial charge in [-0.1, -0.05) is 49.5 Å². The van der Waals surface area contributed by atoms with Crippen LogP contribution in [-0.4, -0.2) is 0 Å². The highest BCUT2D eigenvalue weighted by atomic mass is 13.9. The van der Waals surface area contributed by atoms with Gasteiger partial charge in [0.05, 0.1) is 0 Å². The van der Waals surface area contributed by atoms with Gasteiger partial charge in [-0.25, -0.2) is 0 Å². The summed E-state index contributed by atoms with van der Waals surface area (Å²) in [5, 5.41) is 0. The zero-order valence-electron chi connectivity index (χ0n) is 8.96. The first kappa shape index (κ1) is 12.0. The van der Waals surface area contributed by atoms with E-state index in [0.29, 0.717) is 0 Å². The molecule has 0 aromatic carbocycles. The van der Waals surface area contributed by atoms with E-state index in [2.05, 4.69) is 50.3 Å². The number of allylic oxidation sites excluding steroid dienone is 8. The quantitative estimate of drug-likeness (QED) is 0.544. The van der Waals surface area contributed by atoms with E-state index in [4.69, 9.17) is 0 Å². The zero-order chi connectivity index (χ0) is 9.94. The maximum Gasteiger partial charge on any atom is -0.00977 e. The molecule has 72 valence electrons. The molecule has 0 fully saturated rings. The van der Waals surface area contributed by atoms with Gasteiger partial charge in [-0.3, -0.25) is 0 Å². The Balaban J connectivity index is 3.93. The van der Waals surface area contributed by atoms with E-state index < -0.39 is 0 Å². The van der Waals surface area contributed by atoms with Crippen molar-refractivity contribution in [3.8, 4) is 0 Å². The average molecular weight is 176 g/mol. The Morgan fingerprint density at radius 1 is 1.08 bits per heavy atom. The molecule has 0 aromatic rings. The van der Waals surface area contributed by atoms with Gasteiger partial charge in [0.2, 0.25) is 0 Å². The van der Waals surface area contributed by atoms with Crippen LogP contribution in [0.2, 0.25) is 0 Å². The first-order valence-corrected chi connectivity index (χ1v) is 4.94. The predicted molar refractivity (Wildman–Crippen MR) is 61.8 cm³/mol. The summed E-state index contributed by atoms with van der Waals surface area (Å²) in [4.78, 5) is 0. The van der Waals surface area contributed by atoms with Crippen LogP contribution in [0.1, 0.15) is 33.6 Å². The smallest absolute Gasteiger partial charge is 0.00977 e. The minimum absolute atomic E-state index is 1.03. The highest BCUT2D eigenvalue weighted by Gasteiger charge is 1.84. The molecule has 0 radical (unpaired) electrons. The Bertz CT molecular complexity index is 214. The van der Waals surface area contributed by atoms with Crippen LogP contribution in [0, 0.1) is 0 Å². The maximum absolute atomic E-state index is 2.19. The lowest BCUT2D eigenvalue weighted by molar-refractivity contribution is 1.19. The largest absolute Gasteiger partial charge is 0.0877 e. The van der Waals surface area contributed by atoms with Crippen LogP contribution in [0.3, 0.4) is 0 Å². The molecule has 0 atom stereocenters. The second-order valence-corrected chi connectivity index (χ2v) is 2.83. The van der Waals surface area contributed by atoms with Crippen LogP contribution in [0.4, 0.5) is 0 Å². The van der Waals surface area contributed by atoms with Crippen molar-refractivity contribution in [2.75, 3.05) is 0 Å². The Morgan fingerprint density at radius 3 is 2.38 bits per heavy atom. The van der Waals surface area contributed by atoms with Crippen molar-refractivity contribution in [3.63, 3.8) is 0 Å². The number of rotatable bonds is 5. The summed E-state index contributed by atoms with van der Waals surface area (Å²) in [5.41, 5.74) is 1.38. The van der Waals surface area contributed by atoms with Crippen LogP contribution >= 0.6 is 0 Å². The van der Waals surface area contributed by atoms with E-state index >= 15 is 0 Å². The number of hydrogen-bond acceptors (Lipinski definition) is 0. The lowest BCUT2D eigenvalue weighted by atomic mass is 10.1. The van der Waals surface area contributed by atoms with Gasteiger partial charge in [0.25, 0.3) is 0 Å². The maximum atomic E-state index is 2.19. The number of hydrogen-bond donors (Lipinski definition) is 0. The first-order chi connectivity index (χ1) is 6.35.